The van der Waals surface area contributed by atoms with Gasteiger partial charge in [-0.1, -0.05) is 193 Å². The third kappa shape index (κ3) is 46.7. The molecule has 1 unspecified atom stereocenters. The fraction of sp³-hybridized carbons (Fsp3) is 0.564. The van der Waals surface area contributed by atoms with Crippen LogP contribution in [0.5, 0.6) is 0 Å². The quantitative estimate of drug-likeness (QED) is 0.0349. The predicted molar refractivity (Wildman–Crippen MR) is 260 cm³/mol. The highest BCUT2D eigenvalue weighted by molar-refractivity contribution is 5.71. The summed E-state index contributed by atoms with van der Waals surface area (Å²) in [6.45, 7) is 7.33. The van der Waals surface area contributed by atoms with Crippen molar-refractivity contribution in [3.05, 3.63) is 134 Å². The van der Waals surface area contributed by atoms with Gasteiger partial charge in [0.2, 0.25) is 0 Å². The molecule has 0 aliphatic heterocycles. The summed E-state index contributed by atoms with van der Waals surface area (Å²) in [6, 6.07) is 0. The maximum absolute atomic E-state index is 12.7. The molecule has 0 spiro atoms. The van der Waals surface area contributed by atoms with Crippen LogP contribution >= 0.6 is 0 Å². The van der Waals surface area contributed by atoms with Gasteiger partial charge in [0.15, 0.2) is 6.10 Å². The summed E-state index contributed by atoms with van der Waals surface area (Å²) in [5.74, 6) is -0.656. The van der Waals surface area contributed by atoms with Gasteiger partial charge in [-0.05, 0) is 103 Å². The lowest BCUT2D eigenvalue weighted by atomic mass is 10.1. The molecule has 0 amide bonds. The van der Waals surface area contributed by atoms with Gasteiger partial charge in [0.25, 0.3) is 0 Å². The number of rotatable bonds is 41. The SMILES string of the molecule is CC/C=C\C/C=C\C/C=C\C/C=C\C/C=C\CC(=O)OCC(COCCCCCCCC/C=C\C/C=C\CCCCC)OC(=O)CC/C=C\C/C=C\C/C=C\C/C=C\CC. The van der Waals surface area contributed by atoms with Gasteiger partial charge in [-0.15, -0.1) is 0 Å². The molecule has 0 rings (SSSR count). The Morgan fingerprint density at radius 1 is 0.400 bits per heavy atom. The van der Waals surface area contributed by atoms with Crippen LogP contribution < -0.4 is 0 Å². The van der Waals surface area contributed by atoms with Crippen molar-refractivity contribution in [1.29, 1.82) is 0 Å². The van der Waals surface area contributed by atoms with Crippen LogP contribution in [0.4, 0.5) is 0 Å². The predicted octanol–water partition coefficient (Wildman–Crippen LogP) is 16.0. The Hall–Kier alpha value is -3.96. The first kappa shape index (κ1) is 56.0. The molecule has 0 N–H and O–H groups in total. The Balaban J connectivity index is 4.53. The number of carbonyl (C=O) groups is 2. The van der Waals surface area contributed by atoms with Gasteiger partial charge in [0.1, 0.15) is 6.61 Å². The lowest BCUT2D eigenvalue weighted by Gasteiger charge is -2.18. The first-order valence-electron chi connectivity index (χ1n) is 23.7. The highest BCUT2D eigenvalue weighted by atomic mass is 16.6. The zero-order chi connectivity index (χ0) is 43.5. The zero-order valence-electron chi connectivity index (χ0n) is 38.4. The summed E-state index contributed by atoms with van der Waals surface area (Å²) in [4.78, 5) is 25.2. The molecule has 5 nitrogen and oxygen atoms in total. The van der Waals surface area contributed by atoms with Crippen LogP contribution in [0.3, 0.4) is 0 Å². The molecule has 0 aromatic carbocycles. The van der Waals surface area contributed by atoms with Crippen LogP contribution in [0.25, 0.3) is 0 Å². The van der Waals surface area contributed by atoms with Crippen molar-refractivity contribution in [1.82, 2.24) is 0 Å². The average molecular weight is 827 g/mol. The Kier molecular flexibility index (Phi) is 46.1. The van der Waals surface area contributed by atoms with E-state index in [0.717, 1.165) is 83.5 Å². The van der Waals surface area contributed by atoms with Crippen LogP contribution in [0.15, 0.2) is 134 Å². The number of ether oxygens (including phenoxy) is 3. The summed E-state index contributed by atoms with van der Waals surface area (Å²) in [5.41, 5.74) is 0. The molecule has 0 aromatic rings. The van der Waals surface area contributed by atoms with Crippen molar-refractivity contribution >= 4 is 11.9 Å². The summed E-state index contributed by atoms with van der Waals surface area (Å²) in [6.07, 6.45) is 70.6. The standard InChI is InChI=1S/C55H86O5/c1-4-7-10-13-16-19-22-25-27-29-32-35-38-41-44-47-50-58-51-53(60-55(57)49-46-43-40-37-34-30-24-21-18-15-12-9-6-3)52-59-54(56)48-45-42-39-36-33-31-28-26-23-20-17-14-11-8-5-2/h8-9,11-12,16-21,25-28,30,33-34,36,40,42-43,45,53H,4-7,10,13-15,22-24,29,31-32,35,37-39,41,44,46-52H2,1-3H3/b11-8-,12-9-,19-16-,20-17-,21-18-,27-25-,28-26-,34-30-,36-33-,43-40-,45-42-. The van der Waals surface area contributed by atoms with Crippen LogP contribution in [-0.4, -0.2) is 37.9 Å². The largest absolute Gasteiger partial charge is 0.461 e. The topological polar surface area (TPSA) is 61.8 Å². The van der Waals surface area contributed by atoms with Crippen molar-refractivity contribution in [2.24, 2.45) is 0 Å². The minimum Gasteiger partial charge on any atom is -0.461 e. The molecular formula is C55H86O5. The highest BCUT2D eigenvalue weighted by Crippen LogP contribution is 2.10. The smallest absolute Gasteiger partial charge is 0.309 e. The highest BCUT2D eigenvalue weighted by Gasteiger charge is 2.17. The number of carbonyl (C=O) groups excluding carboxylic acids is 2. The second-order valence-corrected chi connectivity index (χ2v) is 14.9. The normalized spacial score (nSPS) is 13.4. The number of allylic oxidation sites excluding steroid dienone is 21. The van der Waals surface area contributed by atoms with Crippen molar-refractivity contribution < 1.29 is 23.8 Å². The van der Waals surface area contributed by atoms with Gasteiger partial charge in [-0.25, -0.2) is 0 Å². The molecule has 1 atom stereocenters. The summed E-state index contributed by atoms with van der Waals surface area (Å²) in [5, 5.41) is 0. The summed E-state index contributed by atoms with van der Waals surface area (Å²) < 4.78 is 17.2. The van der Waals surface area contributed by atoms with Gasteiger partial charge in [-0.3, -0.25) is 9.59 Å². The van der Waals surface area contributed by atoms with Crippen LogP contribution in [0.1, 0.15) is 175 Å². The van der Waals surface area contributed by atoms with E-state index >= 15 is 0 Å². The molecule has 5 heteroatoms. The number of hydrogen-bond donors (Lipinski definition) is 0. The first-order valence-corrected chi connectivity index (χ1v) is 23.7. The van der Waals surface area contributed by atoms with Crippen molar-refractivity contribution in [2.75, 3.05) is 19.8 Å². The molecule has 0 bridgehead atoms. The minimum atomic E-state index is -0.628. The lowest BCUT2D eigenvalue weighted by Crippen LogP contribution is -2.30. The van der Waals surface area contributed by atoms with Crippen LogP contribution in [-0.2, 0) is 23.8 Å². The Bertz CT molecular complexity index is 1300. The summed E-state index contributed by atoms with van der Waals surface area (Å²) in [7, 11) is 0. The fourth-order valence-corrected chi connectivity index (χ4v) is 5.74. The van der Waals surface area contributed by atoms with E-state index in [2.05, 4.69) is 136 Å². The fourth-order valence-electron chi connectivity index (χ4n) is 5.74. The van der Waals surface area contributed by atoms with E-state index in [0.29, 0.717) is 13.0 Å². The lowest BCUT2D eigenvalue weighted by molar-refractivity contribution is -0.162. The minimum absolute atomic E-state index is 0.0110. The van der Waals surface area contributed by atoms with E-state index in [1.54, 1.807) is 0 Å². The van der Waals surface area contributed by atoms with Crippen LogP contribution in [0, 0.1) is 0 Å². The van der Waals surface area contributed by atoms with E-state index in [1.807, 2.05) is 18.2 Å². The number of esters is 2. The van der Waals surface area contributed by atoms with E-state index in [4.69, 9.17) is 14.2 Å². The third-order valence-corrected chi connectivity index (χ3v) is 9.20. The molecule has 0 heterocycles. The molecule has 0 aliphatic carbocycles. The van der Waals surface area contributed by atoms with Crippen molar-refractivity contribution in [2.45, 2.75) is 181 Å². The van der Waals surface area contributed by atoms with E-state index < -0.39 is 6.10 Å². The molecule has 0 fully saturated rings. The van der Waals surface area contributed by atoms with Crippen LogP contribution in [0.2, 0.25) is 0 Å². The first-order chi connectivity index (χ1) is 29.6. The third-order valence-electron chi connectivity index (χ3n) is 9.20. The molecule has 0 saturated carbocycles. The Morgan fingerprint density at radius 2 is 0.800 bits per heavy atom. The van der Waals surface area contributed by atoms with E-state index in [9.17, 15) is 9.59 Å². The molecule has 0 radical (unpaired) electrons. The van der Waals surface area contributed by atoms with Crippen molar-refractivity contribution in [3.63, 3.8) is 0 Å². The van der Waals surface area contributed by atoms with E-state index in [1.165, 1.54) is 51.4 Å². The number of unbranched alkanes of at least 4 members (excludes halogenated alkanes) is 9. The number of hydrogen-bond acceptors (Lipinski definition) is 5. The Morgan fingerprint density at radius 3 is 1.28 bits per heavy atom. The monoisotopic (exact) mass is 827 g/mol. The maximum atomic E-state index is 12.7. The second-order valence-electron chi connectivity index (χ2n) is 14.9. The Labute approximate surface area is 369 Å². The average Bonchev–Trinajstić information content (AvgIpc) is 3.25. The van der Waals surface area contributed by atoms with Gasteiger partial charge < -0.3 is 14.2 Å². The maximum Gasteiger partial charge on any atom is 0.309 e. The zero-order valence-corrected chi connectivity index (χ0v) is 38.4. The van der Waals surface area contributed by atoms with Gasteiger partial charge in [-0.2, -0.15) is 0 Å². The molecule has 336 valence electrons. The van der Waals surface area contributed by atoms with E-state index in [-0.39, 0.29) is 38.0 Å². The van der Waals surface area contributed by atoms with Gasteiger partial charge >= 0.3 is 11.9 Å². The summed E-state index contributed by atoms with van der Waals surface area (Å²) >= 11 is 0. The molecule has 0 aliphatic rings. The molecule has 60 heavy (non-hydrogen) atoms. The van der Waals surface area contributed by atoms with Gasteiger partial charge in [0.05, 0.1) is 13.0 Å². The second kappa shape index (κ2) is 49.4. The van der Waals surface area contributed by atoms with Gasteiger partial charge in [0, 0.05) is 13.0 Å². The van der Waals surface area contributed by atoms with Crippen molar-refractivity contribution in [3.8, 4) is 0 Å². The molecule has 0 saturated heterocycles. The molecular weight excluding hydrogens is 741 g/mol. The molecule has 0 aromatic heterocycles.